The van der Waals surface area contributed by atoms with Crippen LogP contribution in [-0.4, -0.2) is 26.7 Å². The Labute approximate surface area is 204 Å². The molecule has 1 aliphatic rings. The third kappa shape index (κ3) is 4.82. The molecule has 5 rings (SSSR count). The average molecular weight is 466 g/mol. The molecule has 176 valence electrons. The number of pyridine rings is 1. The maximum absolute atomic E-state index is 11.8. The van der Waals surface area contributed by atoms with Crippen LogP contribution in [0.3, 0.4) is 0 Å². The number of nitrogen functional groups attached to an aromatic ring is 1. The molecule has 0 aliphatic heterocycles. The number of anilines is 1. The molecule has 1 saturated carbocycles. The molecule has 35 heavy (non-hydrogen) atoms. The smallest absolute Gasteiger partial charge is 0.296 e. The van der Waals surface area contributed by atoms with Crippen LogP contribution in [0, 0.1) is 11.8 Å². The Morgan fingerprint density at radius 1 is 1.03 bits per heavy atom. The molecule has 0 radical (unpaired) electrons. The van der Waals surface area contributed by atoms with E-state index in [1.807, 2.05) is 60.8 Å². The first-order chi connectivity index (χ1) is 17.1. The molecule has 0 saturated heterocycles. The molecule has 0 unspecified atom stereocenters. The first-order valence-electron chi connectivity index (χ1n) is 11.8. The van der Waals surface area contributed by atoms with Gasteiger partial charge < -0.3 is 15.8 Å². The predicted molar refractivity (Wildman–Crippen MR) is 137 cm³/mol. The van der Waals surface area contributed by atoms with Gasteiger partial charge in [-0.2, -0.15) is 5.10 Å². The van der Waals surface area contributed by atoms with Crippen molar-refractivity contribution in [1.29, 1.82) is 0 Å². The van der Waals surface area contributed by atoms with Gasteiger partial charge in [-0.25, -0.2) is 0 Å². The van der Waals surface area contributed by atoms with Crippen LogP contribution in [0.2, 0.25) is 0 Å². The van der Waals surface area contributed by atoms with Crippen LogP contribution in [0.25, 0.3) is 22.2 Å². The lowest BCUT2D eigenvalue weighted by Gasteiger charge is -2.29. The van der Waals surface area contributed by atoms with E-state index in [0.29, 0.717) is 5.69 Å². The molecule has 2 aromatic heterocycles. The monoisotopic (exact) mass is 465 g/mol. The zero-order chi connectivity index (χ0) is 24.2. The number of fused-ring (bicyclic) bond motifs is 1. The molecule has 1 aliphatic carbocycles. The minimum absolute atomic E-state index is 0.140. The molecule has 0 spiro atoms. The van der Waals surface area contributed by atoms with Crippen molar-refractivity contribution >= 4 is 22.5 Å². The second kappa shape index (κ2) is 9.90. The van der Waals surface area contributed by atoms with Gasteiger partial charge in [-0.15, -0.1) is 0 Å². The number of benzene rings is 2. The molecule has 2 heterocycles. The second-order valence-corrected chi connectivity index (χ2v) is 8.71. The fourth-order valence-corrected chi connectivity index (χ4v) is 4.69. The van der Waals surface area contributed by atoms with Crippen molar-refractivity contribution in [1.82, 2.24) is 20.1 Å². The van der Waals surface area contributed by atoms with Gasteiger partial charge in [0.25, 0.3) is 5.91 Å². The topological polar surface area (TPSA) is 95.1 Å². The van der Waals surface area contributed by atoms with Crippen molar-refractivity contribution in [2.45, 2.75) is 44.7 Å². The van der Waals surface area contributed by atoms with E-state index in [1.54, 1.807) is 13.1 Å². The summed E-state index contributed by atoms with van der Waals surface area (Å²) in [6.07, 6.45) is 7.06. The normalized spacial score (nSPS) is 17.4. The van der Waals surface area contributed by atoms with Crippen LogP contribution < -0.4 is 15.8 Å². The Bertz CT molecular complexity index is 1390. The number of rotatable bonds is 5. The summed E-state index contributed by atoms with van der Waals surface area (Å²) in [7, 11) is 0. The molecular formula is C28H27N5O2. The number of nitrogens with one attached hydrogen (secondary N) is 1. The van der Waals surface area contributed by atoms with Gasteiger partial charge in [-0.1, -0.05) is 24.1 Å². The van der Waals surface area contributed by atoms with Crippen molar-refractivity contribution in [3.05, 3.63) is 67.0 Å². The summed E-state index contributed by atoms with van der Waals surface area (Å²) in [5, 5.41) is 8.93. The predicted octanol–water partition coefficient (Wildman–Crippen LogP) is 5.10. The summed E-state index contributed by atoms with van der Waals surface area (Å²) in [6.45, 7) is 1.67. The van der Waals surface area contributed by atoms with Crippen LogP contribution in [0.15, 0.2) is 67.0 Å². The Morgan fingerprint density at radius 3 is 2.46 bits per heavy atom. The third-order valence-electron chi connectivity index (χ3n) is 6.37. The number of ether oxygens (including phenoxy) is 1. The van der Waals surface area contributed by atoms with Crippen molar-refractivity contribution in [2.24, 2.45) is 0 Å². The highest BCUT2D eigenvalue weighted by atomic mass is 16.5. The number of amides is 1. The highest BCUT2D eigenvalue weighted by Gasteiger charge is 2.26. The van der Waals surface area contributed by atoms with E-state index in [-0.39, 0.29) is 18.0 Å². The molecular weight excluding hydrogens is 438 g/mol. The van der Waals surface area contributed by atoms with E-state index in [0.717, 1.165) is 59.3 Å². The van der Waals surface area contributed by atoms with Crippen molar-refractivity contribution in [2.75, 3.05) is 5.73 Å². The van der Waals surface area contributed by atoms with Gasteiger partial charge in [0.05, 0.1) is 35.0 Å². The number of nitrogens with two attached hydrogens (primary N) is 1. The summed E-state index contributed by atoms with van der Waals surface area (Å²) in [4.78, 5) is 16.2. The van der Waals surface area contributed by atoms with Crippen molar-refractivity contribution in [3.8, 4) is 34.6 Å². The lowest BCUT2D eigenvalue weighted by Crippen LogP contribution is -2.37. The van der Waals surface area contributed by atoms with Gasteiger partial charge in [0.15, 0.2) is 0 Å². The standard InChI is InChI=1S/C28H27N5O2/c1-2-6-26(34)31-20-11-13-21(14-12-20)33-25-18-30-17-24(29)27(25)28(32-33)19-9-15-23(16-10-19)35-22-7-4-3-5-8-22/h3-5,7-10,15-18,20-21H,11-14,29H2,1H3,(H,31,34). The molecule has 0 atom stereocenters. The Hall–Kier alpha value is -4.31. The SMILES string of the molecule is CC#CC(=O)NC1CCC(n2nc(-c3ccc(Oc4ccccc4)cc3)c3c(N)cncc32)CC1. The van der Waals surface area contributed by atoms with Gasteiger partial charge in [0.1, 0.15) is 17.2 Å². The number of para-hydroxylation sites is 1. The van der Waals surface area contributed by atoms with E-state index in [9.17, 15) is 4.79 Å². The van der Waals surface area contributed by atoms with Crippen LogP contribution in [0.5, 0.6) is 11.5 Å². The maximum Gasteiger partial charge on any atom is 0.296 e. The van der Waals surface area contributed by atoms with E-state index in [4.69, 9.17) is 15.6 Å². The van der Waals surface area contributed by atoms with Crippen LogP contribution in [0.4, 0.5) is 5.69 Å². The lowest BCUT2D eigenvalue weighted by atomic mass is 9.91. The molecule has 1 fully saturated rings. The summed E-state index contributed by atoms with van der Waals surface area (Å²) in [5.74, 6) is 6.54. The van der Waals surface area contributed by atoms with E-state index >= 15 is 0 Å². The van der Waals surface area contributed by atoms with Gasteiger partial charge in [-0.3, -0.25) is 14.5 Å². The fraction of sp³-hybridized carbons (Fsp3) is 0.250. The van der Waals surface area contributed by atoms with Crippen LogP contribution in [0.1, 0.15) is 38.6 Å². The quantitative estimate of drug-likeness (QED) is 0.400. The lowest BCUT2D eigenvalue weighted by molar-refractivity contribution is -0.116. The number of carbonyl (C=O) groups excluding carboxylic acids is 1. The van der Waals surface area contributed by atoms with Gasteiger partial charge >= 0.3 is 0 Å². The van der Waals surface area contributed by atoms with Crippen molar-refractivity contribution in [3.63, 3.8) is 0 Å². The first kappa shape index (κ1) is 22.5. The minimum Gasteiger partial charge on any atom is -0.457 e. The highest BCUT2D eigenvalue weighted by Crippen LogP contribution is 2.37. The zero-order valence-corrected chi connectivity index (χ0v) is 19.6. The van der Waals surface area contributed by atoms with Gasteiger partial charge in [0, 0.05) is 11.6 Å². The molecule has 3 N–H and O–H groups in total. The second-order valence-electron chi connectivity index (χ2n) is 8.71. The summed E-state index contributed by atoms with van der Waals surface area (Å²) in [6, 6.07) is 17.9. The van der Waals surface area contributed by atoms with Gasteiger partial charge in [0.2, 0.25) is 0 Å². The minimum atomic E-state index is -0.209. The fourth-order valence-electron chi connectivity index (χ4n) is 4.69. The molecule has 4 aromatic rings. The van der Waals surface area contributed by atoms with Gasteiger partial charge in [-0.05, 0) is 74.9 Å². The number of aromatic nitrogens is 3. The maximum atomic E-state index is 11.8. The summed E-state index contributed by atoms with van der Waals surface area (Å²) in [5.41, 5.74) is 9.70. The van der Waals surface area contributed by atoms with E-state index < -0.39 is 0 Å². The largest absolute Gasteiger partial charge is 0.457 e. The van der Waals surface area contributed by atoms with Crippen molar-refractivity contribution < 1.29 is 9.53 Å². The Morgan fingerprint density at radius 2 is 1.74 bits per heavy atom. The Balaban J connectivity index is 1.40. The number of carbonyl (C=O) groups is 1. The van der Waals surface area contributed by atoms with E-state index in [1.165, 1.54) is 0 Å². The first-order valence-corrected chi connectivity index (χ1v) is 11.8. The number of hydrogen-bond donors (Lipinski definition) is 2. The summed E-state index contributed by atoms with van der Waals surface area (Å²) >= 11 is 0. The van der Waals surface area contributed by atoms with Crippen LogP contribution >= 0.6 is 0 Å². The average Bonchev–Trinajstić information content (AvgIpc) is 3.27. The van der Waals surface area contributed by atoms with Crippen LogP contribution in [-0.2, 0) is 4.79 Å². The zero-order valence-electron chi connectivity index (χ0n) is 19.6. The Kier molecular flexibility index (Phi) is 6.36. The third-order valence-corrected chi connectivity index (χ3v) is 6.37. The number of hydrogen-bond acceptors (Lipinski definition) is 5. The number of nitrogens with zero attached hydrogens (tertiary/aromatic N) is 3. The molecule has 1 amide bonds. The highest BCUT2D eigenvalue weighted by molar-refractivity contribution is 6.01. The van der Waals surface area contributed by atoms with E-state index in [2.05, 4.69) is 26.8 Å². The molecule has 2 aromatic carbocycles. The molecule has 7 nitrogen and oxygen atoms in total. The summed E-state index contributed by atoms with van der Waals surface area (Å²) < 4.78 is 8.00. The molecule has 7 heteroatoms. The molecule has 0 bridgehead atoms.